The van der Waals surface area contributed by atoms with Gasteiger partial charge in [-0.1, -0.05) is 19.1 Å². The van der Waals surface area contributed by atoms with Crippen molar-refractivity contribution in [2.45, 2.75) is 33.7 Å². The van der Waals surface area contributed by atoms with E-state index >= 15 is 0 Å². The molecule has 2 aromatic rings. The van der Waals surface area contributed by atoms with E-state index in [1.54, 1.807) is 11.3 Å². The van der Waals surface area contributed by atoms with Crippen molar-refractivity contribution in [3.8, 4) is 11.5 Å². The summed E-state index contributed by atoms with van der Waals surface area (Å²) in [6.07, 6.45) is 0.957. The van der Waals surface area contributed by atoms with Crippen LogP contribution in [0.5, 0.6) is 11.5 Å². The van der Waals surface area contributed by atoms with Crippen LogP contribution in [0.4, 0.5) is 0 Å². The first-order valence-corrected chi connectivity index (χ1v) is 9.21. The van der Waals surface area contributed by atoms with Crippen LogP contribution >= 0.6 is 11.3 Å². The van der Waals surface area contributed by atoms with Crippen molar-refractivity contribution in [3.63, 3.8) is 0 Å². The normalized spacial score (nSPS) is 13.0. The summed E-state index contributed by atoms with van der Waals surface area (Å²) in [4.78, 5) is 16.8. The Kier molecular flexibility index (Phi) is 5.09. The second kappa shape index (κ2) is 7.26. The lowest BCUT2D eigenvalue weighted by molar-refractivity contribution is 0.0754. The second-order valence-corrected chi connectivity index (χ2v) is 7.06. The summed E-state index contributed by atoms with van der Waals surface area (Å²) in [6, 6.07) is 7.89. The number of hydrogen-bond acceptors (Lipinski definition) is 4. The van der Waals surface area contributed by atoms with E-state index < -0.39 is 0 Å². The predicted octanol–water partition coefficient (Wildman–Crippen LogP) is 4.05. The van der Waals surface area contributed by atoms with E-state index in [0.29, 0.717) is 26.3 Å². The molecule has 0 unspecified atom stereocenters. The highest BCUT2D eigenvalue weighted by molar-refractivity contribution is 7.14. The second-order valence-electron chi connectivity index (χ2n) is 5.81. The first-order chi connectivity index (χ1) is 11.6. The van der Waals surface area contributed by atoms with Crippen LogP contribution in [0.2, 0.25) is 0 Å². The van der Waals surface area contributed by atoms with Crippen LogP contribution in [0.1, 0.15) is 39.5 Å². The molecule has 4 nitrogen and oxygen atoms in total. The summed E-state index contributed by atoms with van der Waals surface area (Å²) >= 11 is 1.58. The summed E-state index contributed by atoms with van der Waals surface area (Å²) in [7, 11) is 0. The van der Waals surface area contributed by atoms with E-state index in [0.717, 1.165) is 28.4 Å². The SMILES string of the molecule is CCc1cc(C(=O)N(CC)Cc2cccc3c2OCCO3)sc1C. The van der Waals surface area contributed by atoms with Gasteiger partial charge in [-0.2, -0.15) is 0 Å². The molecule has 0 bridgehead atoms. The highest BCUT2D eigenvalue weighted by atomic mass is 32.1. The van der Waals surface area contributed by atoms with Gasteiger partial charge in [0, 0.05) is 23.5 Å². The molecule has 0 aliphatic carbocycles. The first kappa shape index (κ1) is 16.8. The number of hydrogen-bond donors (Lipinski definition) is 0. The van der Waals surface area contributed by atoms with Crippen molar-refractivity contribution >= 4 is 17.2 Å². The van der Waals surface area contributed by atoms with Gasteiger partial charge in [0.25, 0.3) is 5.91 Å². The Morgan fingerprint density at radius 2 is 2.00 bits per heavy atom. The van der Waals surface area contributed by atoms with E-state index in [1.165, 1.54) is 10.4 Å². The molecule has 0 radical (unpaired) electrons. The van der Waals surface area contributed by atoms with Gasteiger partial charge in [0.05, 0.1) is 4.88 Å². The van der Waals surface area contributed by atoms with E-state index in [-0.39, 0.29) is 5.91 Å². The van der Waals surface area contributed by atoms with Gasteiger partial charge in [0.15, 0.2) is 11.5 Å². The number of carbonyl (C=O) groups is 1. The Balaban J connectivity index is 1.83. The van der Waals surface area contributed by atoms with Crippen molar-refractivity contribution in [2.75, 3.05) is 19.8 Å². The number of ether oxygens (including phenoxy) is 2. The molecule has 1 aliphatic heterocycles. The van der Waals surface area contributed by atoms with Gasteiger partial charge in [0.1, 0.15) is 13.2 Å². The van der Waals surface area contributed by atoms with Crippen LogP contribution in [0.15, 0.2) is 24.3 Å². The summed E-state index contributed by atoms with van der Waals surface area (Å²) in [6.45, 7) is 8.51. The molecule has 1 aliphatic rings. The van der Waals surface area contributed by atoms with Gasteiger partial charge in [-0.15, -0.1) is 11.3 Å². The maximum absolute atomic E-state index is 12.9. The number of fused-ring (bicyclic) bond motifs is 1. The van der Waals surface area contributed by atoms with Crippen LogP contribution in [-0.2, 0) is 13.0 Å². The van der Waals surface area contributed by atoms with Crippen molar-refractivity contribution in [2.24, 2.45) is 0 Å². The molecule has 0 saturated carbocycles. The molecule has 128 valence electrons. The van der Waals surface area contributed by atoms with Crippen molar-refractivity contribution < 1.29 is 14.3 Å². The summed E-state index contributed by atoms with van der Waals surface area (Å²) in [5.74, 6) is 1.62. The van der Waals surface area contributed by atoms with Crippen LogP contribution < -0.4 is 9.47 Å². The van der Waals surface area contributed by atoms with Gasteiger partial charge in [0.2, 0.25) is 0 Å². The van der Waals surface area contributed by atoms with E-state index in [2.05, 4.69) is 13.8 Å². The molecule has 0 saturated heterocycles. The number of amides is 1. The standard InChI is InChI=1S/C19H23NO3S/c1-4-14-11-17(24-13(14)3)19(21)20(5-2)12-15-7-6-8-16-18(15)23-10-9-22-16/h6-8,11H,4-5,9-10,12H2,1-3H3. The molecule has 2 heterocycles. The zero-order valence-electron chi connectivity index (χ0n) is 14.4. The lowest BCUT2D eigenvalue weighted by Crippen LogP contribution is -2.30. The highest BCUT2D eigenvalue weighted by Crippen LogP contribution is 2.34. The molecular formula is C19H23NO3S. The van der Waals surface area contributed by atoms with Crippen LogP contribution in [0, 0.1) is 6.92 Å². The topological polar surface area (TPSA) is 38.8 Å². The smallest absolute Gasteiger partial charge is 0.264 e. The number of nitrogens with zero attached hydrogens (tertiary/aromatic N) is 1. The molecule has 0 atom stereocenters. The Morgan fingerprint density at radius 1 is 1.21 bits per heavy atom. The zero-order valence-corrected chi connectivity index (χ0v) is 15.2. The van der Waals surface area contributed by atoms with Crippen molar-refractivity contribution in [1.82, 2.24) is 4.90 Å². The first-order valence-electron chi connectivity index (χ1n) is 8.40. The number of carbonyl (C=O) groups excluding carboxylic acids is 1. The molecular weight excluding hydrogens is 322 g/mol. The molecule has 3 rings (SSSR count). The summed E-state index contributed by atoms with van der Waals surface area (Å²) in [5, 5.41) is 0. The van der Waals surface area contributed by atoms with E-state index in [9.17, 15) is 4.79 Å². The summed E-state index contributed by atoms with van der Waals surface area (Å²) in [5.41, 5.74) is 2.25. The minimum atomic E-state index is 0.0830. The maximum atomic E-state index is 12.9. The lowest BCUT2D eigenvalue weighted by atomic mass is 10.1. The quantitative estimate of drug-likeness (QED) is 0.820. The Morgan fingerprint density at radius 3 is 2.71 bits per heavy atom. The minimum Gasteiger partial charge on any atom is -0.486 e. The van der Waals surface area contributed by atoms with Crippen LogP contribution in [-0.4, -0.2) is 30.6 Å². The lowest BCUT2D eigenvalue weighted by Gasteiger charge is -2.25. The summed E-state index contributed by atoms with van der Waals surface area (Å²) < 4.78 is 11.4. The average molecular weight is 345 g/mol. The van der Waals surface area contributed by atoms with Gasteiger partial charge in [-0.05, 0) is 38.0 Å². The number of rotatable bonds is 5. The predicted molar refractivity (Wildman–Crippen MR) is 96.3 cm³/mol. The van der Waals surface area contributed by atoms with Crippen LogP contribution in [0.25, 0.3) is 0 Å². The molecule has 0 fully saturated rings. The number of thiophene rings is 1. The van der Waals surface area contributed by atoms with Crippen LogP contribution in [0.3, 0.4) is 0 Å². The minimum absolute atomic E-state index is 0.0830. The third-order valence-electron chi connectivity index (χ3n) is 4.29. The van der Waals surface area contributed by atoms with Gasteiger partial charge < -0.3 is 14.4 Å². The third kappa shape index (κ3) is 3.26. The van der Waals surface area contributed by atoms with Gasteiger partial charge >= 0.3 is 0 Å². The maximum Gasteiger partial charge on any atom is 0.264 e. The molecule has 5 heteroatoms. The molecule has 0 N–H and O–H groups in total. The molecule has 1 aromatic carbocycles. The third-order valence-corrected chi connectivity index (χ3v) is 5.37. The average Bonchev–Trinajstić information content (AvgIpc) is 3.00. The highest BCUT2D eigenvalue weighted by Gasteiger charge is 2.22. The van der Waals surface area contributed by atoms with Crippen molar-refractivity contribution in [1.29, 1.82) is 0 Å². The fraction of sp³-hybridized carbons (Fsp3) is 0.421. The fourth-order valence-corrected chi connectivity index (χ4v) is 4.01. The fourth-order valence-electron chi connectivity index (χ4n) is 2.92. The van der Waals surface area contributed by atoms with Gasteiger partial charge in [-0.3, -0.25) is 4.79 Å². The Labute approximate surface area is 147 Å². The van der Waals surface area contributed by atoms with Crippen molar-refractivity contribution in [3.05, 3.63) is 45.1 Å². The number of benzene rings is 1. The zero-order chi connectivity index (χ0) is 17.1. The molecule has 24 heavy (non-hydrogen) atoms. The molecule has 1 amide bonds. The van der Waals surface area contributed by atoms with E-state index in [4.69, 9.17) is 9.47 Å². The number of aryl methyl sites for hydroxylation is 2. The largest absolute Gasteiger partial charge is 0.486 e. The van der Waals surface area contributed by atoms with Gasteiger partial charge in [-0.25, -0.2) is 0 Å². The monoisotopic (exact) mass is 345 g/mol. The van der Waals surface area contributed by atoms with E-state index in [1.807, 2.05) is 36.1 Å². The Bertz CT molecular complexity index is 738. The number of para-hydroxylation sites is 1. The Hall–Kier alpha value is -2.01. The molecule has 1 aromatic heterocycles. The molecule has 0 spiro atoms.